The molecule has 5 heteroatoms. The molecule has 2 rings (SSSR count). The van der Waals surface area contributed by atoms with Crippen LogP contribution in [0.3, 0.4) is 0 Å². The first-order valence-electron chi connectivity index (χ1n) is 6.79. The molecular weight excluding hydrogens is 242 g/mol. The summed E-state index contributed by atoms with van der Waals surface area (Å²) in [5, 5.41) is 2.81. The molecule has 5 nitrogen and oxygen atoms in total. The highest BCUT2D eigenvalue weighted by Crippen LogP contribution is 2.15. The number of pyridine rings is 1. The quantitative estimate of drug-likeness (QED) is 0.908. The molecule has 1 aliphatic rings. The first-order valence-corrected chi connectivity index (χ1v) is 6.79. The van der Waals surface area contributed by atoms with Gasteiger partial charge in [0.25, 0.3) is 0 Å². The van der Waals surface area contributed by atoms with E-state index in [0.29, 0.717) is 18.3 Å². The molecule has 1 aromatic rings. The molecule has 1 fully saturated rings. The van der Waals surface area contributed by atoms with E-state index in [0.717, 1.165) is 25.9 Å². The van der Waals surface area contributed by atoms with Crippen LogP contribution >= 0.6 is 0 Å². The van der Waals surface area contributed by atoms with E-state index in [2.05, 4.69) is 10.3 Å². The number of nitrogens with zero attached hydrogens (tertiary/aromatic N) is 2. The maximum Gasteiger partial charge on any atom is 0.321 e. The van der Waals surface area contributed by atoms with Crippen LogP contribution in [0.5, 0.6) is 0 Å². The van der Waals surface area contributed by atoms with Gasteiger partial charge in [-0.15, -0.1) is 0 Å². The fourth-order valence-corrected chi connectivity index (χ4v) is 2.13. The average molecular weight is 263 g/mol. The Morgan fingerprint density at radius 1 is 1.58 bits per heavy atom. The minimum atomic E-state index is -0.108. The Bertz CT molecular complexity index is 391. The van der Waals surface area contributed by atoms with Crippen molar-refractivity contribution in [3.8, 4) is 0 Å². The van der Waals surface area contributed by atoms with E-state index in [-0.39, 0.29) is 6.03 Å². The number of ether oxygens (including phenoxy) is 1. The standard InChI is InChI=1S/C14H21N3O2/c1-17(9-7-13-6-2-3-10-19-13)14(18)16-12-5-4-8-15-11-12/h4-5,8,11,13H,2-3,6-7,9-10H2,1H3,(H,16,18). The SMILES string of the molecule is CN(CCC1CCCCO1)C(=O)Nc1cccnc1. The lowest BCUT2D eigenvalue weighted by Gasteiger charge is -2.25. The first-order chi connectivity index (χ1) is 9.25. The topological polar surface area (TPSA) is 54.5 Å². The number of hydrogen-bond acceptors (Lipinski definition) is 3. The summed E-state index contributed by atoms with van der Waals surface area (Å²) in [5.41, 5.74) is 0.716. The summed E-state index contributed by atoms with van der Waals surface area (Å²) < 4.78 is 5.66. The molecule has 2 amide bonds. The largest absolute Gasteiger partial charge is 0.378 e. The van der Waals surface area contributed by atoms with Crippen molar-refractivity contribution in [3.05, 3.63) is 24.5 Å². The predicted molar refractivity (Wildman–Crippen MR) is 74.1 cm³/mol. The van der Waals surface area contributed by atoms with Crippen LogP contribution in [0.1, 0.15) is 25.7 Å². The third-order valence-electron chi connectivity index (χ3n) is 3.32. The number of urea groups is 1. The highest BCUT2D eigenvalue weighted by Gasteiger charge is 2.16. The van der Waals surface area contributed by atoms with E-state index in [1.165, 1.54) is 6.42 Å². The maximum atomic E-state index is 11.9. The summed E-state index contributed by atoms with van der Waals surface area (Å²) in [5.74, 6) is 0. The third-order valence-corrected chi connectivity index (χ3v) is 3.32. The highest BCUT2D eigenvalue weighted by atomic mass is 16.5. The Morgan fingerprint density at radius 3 is 3.16 bits per heavy atom. The summed E-state index contributed by atoms with van der Waals surface area (Å²) in [4.78, 5) is 17.6. The van der Waals surface area contributed by atoms with Crippen LogP contribution in [0.4, 0.5) is 10.5 Å². The molecule has 2 heterocycles. The smallest absolute Gasteiger partial charge is 0.321 e. The van der Waals surface area contributed by atoms with Crippen molar-refractivity contribution in [2.24, 2.45) is 0 Å². The van der Waals surface area contributed by atoms with Crippen molar-refractivity contribution in [1.29, 1.82) is 0 Å². The second-order valence-electron chi connectivity index (χ2n) is 4.87. The molecule has 1 aromatic heterocycles. The van der Waals surface area contributed by atoms with Gasteiger partial charge in [0.05, 0.1) is 18.0 Å². The van der Waals surface area contributed by atoms with Crippen molar-refractivity contribution in [2.75, 3.05) is 25.5 Å². The second-order valence-corrected chi connectivity index (χ2v) is 4.87. The van der Waals surface area contributed by atoms with Gasteiger partial charge in [0.1, 0.15) is 0 Å². The number of nitrogens with one attached hydrogen (secondary N) is 1. The maximum absolute atomic E-state index is 11.9. The number of carbonyl (C=O) groups excluding carboxylic acids is 1. The van der Waals surface area contributed by atoms with Crippen LogP contribution in [0.15, 0.2) is 24.5 Å². The van der Waals surface area contributed by atoms with Gasteiger partial charge >= 0.3 is 6.03 Å². The summed E-state index contributed by atoms with van der Waals surface area (Å²) in [6.45, 7) is 1.56. The van der Waals surface area contributed by atoms with Gasteiger partial charge in [0.15, 0.2) is 0 Å². The molecular formula is C14H21N3O2. The number of carbonyl (C=O) groups is 1. The third kappa shape index (κ3) is 4.52. The van der Waals surface area contributed by atoms with E-state index in [4.69, 9.17) is 4.74 Å². The summed E-state index contributed by atoms with van der Waals surface area (Å²) in [6.07, 6.45) is 8.02. The molecule has 19 heavy (non-hydrogen) atoms. The number of rotatable bonds is 4. The zero-order valence-corrected chi connectivity index (χ0v) is 11.3. The van der Waals surface area contributed by atoms with E-state index in [1.54, 1.807) is 30.4 Å². The molecule has 1 aliphatic heterocycles. The first kappa shape index (κ1) is 13.8. The zero-order valence-electron chi connectivity index (χ0n) is 11.3. The molecule has 0 aromatic carbocycles. The van der Waals surface area contributed by atoms with Gasteiger partial charge in [-0.2, -0.15) is 0 Å². The molecule has 0 aliphatic carbocycles. The summed E-state index contributed by atoms with van der Waals surface area (Å²) >= 11 is 0. The lowest BCUT2D eigenvalue weighted by atomic mass is 10.1. The molecule has 0 bridgehead atoms. The Balaban J connectivity index is 1.73. The Morgan fingerprint density at radius 2 is 2.47 bits per heavy atom. The van der Waals surface area contributed by atoms with Gasteiger partial charge in [-0.3, -0.25) is 4.98 Å². The fraction of sp³-hybridized carbons (Fsp3) is 0.571. The van der Waals surface area contributed by atoms with Gasteiger partial charge in [-0.25, -0.2) is 4.79 Å². The number of aromatic nitrogens is 1. The zero-order chi connectivity index (χ0) is 13.5. The molecule has 1 atom stereocenters. The molecule has 1 saturated heterocycles. The van der Waals surface area contributed by atoms with Gasteiger partial charge in [-0.05, 0) is 37.8 Å². The van der Waals surface area contributed by atoms with Crippen molar-refractivity contribution < 1.29 is 9.53 Å². The highest BCUT2D eigenvalue weighted by molar-refractivity contribution is 5.88. The number of hydrogen-bond donors (Lipinski definition) is 1. The van der Waals surface area contributed by atoms with Crippen molar-refractivity contribution in [2.45, 2.75) is 31.8 Å². The van der Waals surface area contributed by atoms with E-state index >= 15 is 0 Å². The van der Waals surface area contributed by atoms with Crippen LogP contribution in [0.25, 0.3) is 0 Å². The molecule has 1 unspecified atom stereocenters. The molecule has 0 spiro atoms. The Kier molecular flexibility index (Phi) is 5.15. The van der Waals surface area contributed by atoms with Crippen molar-refractivity contribution in [1.82, 2.24) is 9.88 Å². The normalized spacial score (nSPS) is 18.9. The van der Waals surface area contributed by atoms with Crippen molar-refractivity contribution in [3.63, 3.8) is 0 Å². The van der Waals surface area contributed by atoms with Crippen LogP contribution in [0, 0.1) is 0 Å². The van der Waals surface area contributed by atoms with Crippen LogP contribution in [-0.2, 0) is 4.74 Å². The van der Waals surface area contributed by atoms with E-state index in [9.17, 15) is 4.79 Å². The molecule has 104 valence electrons. The minimum Gasteiger partial charge on any atom is -0.378 e. The van der Waals surface area contributed by atoms with Gasteiger partial charge in [0, 0.05) is 26.4 Å². The van der Waals surface area contributed by atoms with Crippen molar-refractivity contribution >= 4 is 11.7 Å². The summed E-state index contributed by atoms with van der Waals surface area (Å²) in [7, 11) is 1.80. The van der Waals surface area contributed by atoms with E-state index < -0.39 is 0 Å². The molecule has 0 radical (unpaired) electrons. The second kappa shape index (κ2) is 7.09. The summed E-state index contributed by atoms with van der Waals surface area (Å²) in [6, 6.07) is 3.51. The monoisotopic (exact) mass is 263 g/mol. The lowest BCUT2D eigenvalue weighted by Crippen LogP contribution is -2.34. The van der Waals surface area contributed by atoms with Gasteiger partial charge < -0.3 is 15.0 Å². The fourth-order valence-electron chi connectivity index (χ4n) is 2.13. The lowest BCUT2D eigenvalue weighted by molar-refractivity contribution is 0.00848. The average Bonchev–Trinajstić information content (AvgIpc) is 2.47. The van der Waals surface area contributed by atoms with Gasteiger partial charge in [0.2, 0.25) is 0 Å². The van der Waals surface area contributed by atoms with Crippen LogP contribution < -0.4 is 5.32 Å². The van der Waals surface area contributed by atoms with Crippen LogP contribution in [-0.4, -0.2) is 42.2 Å². The van der Waals surface area contributed by atoms with E-state index in [1.807, 2.05) is 6.07 Å². The Labute approximate surface area is 114 Å². The number of anilines is 1. The van der Waals surface area contributed by atoms with Gasteiger partial charge in [-0.1, -0.05) is 0 Å². The van der Waals surface area contributed by atoms with Crippen LogP contribution in [0.2, 0.25) is 0 Å². The molecule has 0 saturated carbocycles. The Hall–Kier alpha value is -1.62. The minimum absolute atomic E-state index is 0.108. The molecule has 1 N–H and O–H groups in total. The predicted octanol–water partition coefficient (Wildman–Crippen LogP) is 2.50. The number of amides is 2.